The number of nitrogens with zero attached hydrogens (tertiary/aromatic N) is 6. The Balaban J connectivity index is 1.50. The van der Waals surface area contributed by atoms with Gasteiger partial charge in [0, 0.05) is 0 Å². The molecule has 3 aromatic rings. The highest BCUT2D eigenvalue weighted by atomic mass is 16.3. The zero-order valence-corrected chi connectivity index (χ0v) is 16.8. The van der Waals surface area contributed by atoms with E-state index in [-0.39, 0.29) is 17.8 Å². The summed E-state index contributed by atoms with van der Waals surface area (Å²) in [5.41, 5.74) is 4.62. The Morgan fingerprint density at radius 3 is 1.83 bits per heavy atom. The van der Waals surface area contributed by atoms with E-state index in [2.05, 4.69) is 25.6 Å². The van der Waals surface area contributed by atoms with Crippen LogP contribution >= 0.6 is 0 Å². The highest BCUT2D eigenvalue weighted by Gasteiger charge is 2.31. The molecular formula is C22H24N6O. The Morgan fingerprint density at radius 2 is 1.34 bits per heavy atom. The minimum atomic E-state index is 0.100. The van der Waals surface area contributed by atoms with Crippen molar-refractivity contribution in [3.8, 4) is 5.88 Å². The first-order chi connectivity index (χ1) is 14.0. The predicted octanol–water partition coefficient (Wildman–Crippen LogP) is 7.19. The third-order valence-electron chi connectivity index (χ3n) is 4.76. The van der Waals surface area contributed by atoms with Crippen molar-refractivity contribution in [3.63, 3.8) is 0 Å². The molecule has 0 amide bonds. The van der Waals surface area contributed by atoms with E-state index >= 15 is 0 Å². The van der Waals surface area contributed by atoms with E-state index in [9.17, 15) is 5.11 Å². The SMILES string of the molecule is Cc1ccc(N=Nc2ccc(N=Nc3c(C(C)C)nn(C4CC4)c3O)cc2)cc1. The Labute approximate surface area is 169 Å². The van der Waals surface area contributed by atoms with E-state index < -0.39 is 0 Å². The number of aromatic hydroxyl groups is 1. The monoisotopic (exact) mass is 388 g/mol. The largest absolute Gasteiger partial charge is 0.492 e. The first-order valence-corrected chi connectivity index (χ1v) is 9.83. The number of aromatic nitrogens is 2. The second-order valence-corrected chi connectivity index (χ2v) is 7.64. The topological polar surface area (TPSA) is 87.5 Å². The number of rotatable bonds is 6. The van der Waals surface area contributed by atoms with Crippen LogP contribution in [0.3, 0.4) is 0 Å². The fourth-order valence-electron chi connectivity index (χ4n) is 2.91. The number of hydrogen-bond acceptors (Lipinski definition) is 6. The van der Waals surface area contributed by atoms with Crippen LogP contribution in [-0.4, -0.2) is 14.9 Å². The van der Waals surface area contributed by atoms with Crippen molar-refractivity contribution < 1.29 is 5.11 Å². The van der Waals surface area contributed by atoms with Crippen molar-refractivity contribution in [1.82, 2.24) is 9.78 Å². The van der Waals surface area contributed by atoms with Gasteiger partial charge in [0.1, 0.15) is 0 Å². The maximum atomic E-state index is 10.5. The Bertz CT molecular complexity index is 1040. The lowest BCUT2D eigenvalue weighted by molar-refractivity contribution is 0.401. The molecule has 1 N–H and O–H groups in total. The van der Waals surface area contributed by atoms with E-state index in [0.717, 1.165) is 29.9 Å². The maximum Gasteiger partial charge on any atom is 0.238 e. The average Bonchev–Trinajstić information content (AvgIpc) is 3.50. The Hall–Kier alpha value is -3.35. The van der Waals surface area contributed by atoms with Crippen LogP contribution in [0.15, 0.2) is 69.0 Å². The minimum Gasteiger partial charge on any atom is -0.492 e. The summed E-state index contributed by atoms with van der Waals surface area (Å²) in [7, 11) is 0. The molecule has 0 aliphatic heterocycles. The van der Waals surface area contributed by atoms with Gasteiger partial charge in [0.25, 0.3) is 0 Å². The van der Waals surface area contributed by atoms with E-state index in [1.807, 2.05) is 69.3 Å². The van der Waals surface area contributed by atoms with Gasteiger partial charge in [-0.2, -0.15) is 20.4 Å². The smallest absolute Gasteiger partial charge is 0.238 e. The van der Waals surface area contributed by atoms with Crippen LogP contribution in [0.1, 0.15) is 49.9 Å². The summed E-state index contributed by atoms with van der Waals surface area (Å²) in [6, 6.07) is 15.5. The molecule has 1 aromatic heterocycles. The highest BCUT2D eigenvalue weighted by molar-refractivity contribution is 5.54. The molecule has 1 aliphatic rings. The van der Waals surface area contributed by atoms with Gasteiger partial charge in [-0.05, 0) is 62.1 Å². The van der Waals surface area contributed by atoms with Crippen LogP contribution in [0.2, 0.25) is 0 Å². The van der Waals surface area contributed by atoms with Crippen molar-refractivity contribution in [2.45, 2.75) is 45.6 Å². The summed E-state index contributed by atoms with van der Waals surface area (Å²) < 4.78 is 1.68. The van der Waals surface area contributed by atoms with Gasteiger partial charge in [0.2, 0.25) is 5.88 Å². The van der Waals surface area contributed by atoms with Gasteiger partial charge < -0.3 is 5.11 Å². The molecule has 4 rings (SSSR count). The summed E-state index contributed by atoms with van der Waals surface area (Å²) >= 11 is 0. The number of aryl methyl sites for hydroxylation is 1. The number of hydrogen-bond donors (Lipinski definition) is 1. The molecule has 1 aliphatic carbocycles. The molecule has 7 heteroatoms. The highest BCUT2D eigenvalue weighted by Crippen LogP contribution is 2.44. The standard InChI is InChI=1S/C22H24N6O/c1-14(2)20-21(22(29)28(27-20)19-12-13-19)26-25-18-10-8-17(9-11-18)24-23-16-6-4-15(3)5-7-16/h4-11,14,19,29H,12-13H2,1-3H3. The first-order valence-electron chi connectivity index (χ1n) is 9.83. The molecule has 29 heavy (non-hydrogen) atoms. The van der Waals surface area contributed by atoms with Gasteiger partial charge in [-0.1, -0.05) is 31.5 Å². The third-order valence-corrected chi connectivity index (χ3v) is 4.76. The maximum absolute atomic E-state index is 10.5. The van der Waals surface area contributed by atoms with Crippen molar-refractivity contribution in [1.29, 1.82) is 0 Å². The molecule has 7 nitrogen and oxygen atoms in total. The fraction of sp³-hybridized carbons (Fsp3) is 0.318. The molecule has 0 saturated heterocycles. The Morgan fingerprint density at radius 1 is 0.862 bits per heavy atom. The number of benzene rings is 2. The van der Waals surface area contributed by atoms with E-state index in [1.54, 1.807) is 4.68 Å². The molecule has 1 saturated carbocycles. The predicted molar refractivity (Wildman–Crippen MR) is 112 cm³/mol. The lowest BCUT2D eigenvalue weighted by Gasteiger charge is -2.00. The summed E-state index contributed by atoms with van der Waals surface area (Å²) in [4.78, 5) is 0. The van der Waals surface area contributed by atoms with Crippen LogP contribution in [0.5, 0.6) is 5.88 Å². The molecule has 0 bridgehead atoms. The minimum absolute atomic E-state index is 0.100. The molecular weight excluding hydrogens is 364 g/mol. The zero-order chi connectivity index (χ0) is 20.4. The molecule has 2 aromatic carbocycles. The van der Waals surface area contributed by atoms with Gasteiger partial charge in [0.05, 0.1) is 28.8 Å². The first kappa shape index (κ1) is 19.0. The van der Waals surface area contributed by atoms with Crippen LogP contribution < -0.4 is 0 Å². The van der Waals surface area contributed by atoms with Gasteiger partial charge in [-0.15, -0.1) is 5.11 Å². The van der Waals surface area contributed by atoms with Crippen molar-refractivity contribution in [3.05, 3.63) is 59.8 Å². The third kappa shape index (κ3) is 4.39. The van der Waals surface area contributed by atoms with Crippen LogP contribution in [-0.2, 0) is 0 Å². The molecule has 1 fully saturated rings. The average molecular weight is 388 g/mol. The summed E-state index contributed by atoms with van der Waals surface area (Å²) in [5.74, 6) is 0.253. The van der Waals surface area contributed by atoms with Crippen LogP contribution in [0.25, 0.3) is 0 Å². The van der Waals surface area contributed by atoms with Crippen LogP contribution in [0, 0.1) is 6.92 Å². The fourth-order valence-corrected chi connectivity index (χ4v) is 2.91. The van der Waals surface area contributed by atoms with Gasteiger partial charge in [-0.25, -0.2) is 4.68 Å². The molecule has 0 unspecified atom stereocenters. The molecule has 0 radical (unpaired) electrons. The van der Waals surface area contributed by atoms with Crippen molar-refractivity contribution in [2.75, 3.05) is 0 Å². The zero-order valence-electron chi connectivity index (χ0n) is 16.8. The molecule has 0 atom stereocenters. The normalized spacial score (nSPS) is 14.5. The summed E-state index contributed by atoms with van der Waals surface area (Å²) in [6.07, 6.45) is 2.09. The summed E-state index contributed by atoms with van der Waals surface area (Å²) in [5, 5.41) is 32.1. The van der Waals surface area contributed by atoms with Crippen molar-refractivity contribution in [2.24, 2.45) is 20.5 Å². The lowest BCUT2D eigenvalue weighted by atomic mass is 10.1. The second-order valence-electron chi connectivity index (χ2n) is 7.64. The summed E-state index contributed by atoms with van der Waals surface area (Å²) in [6.45, 7) is 6.10. The van der Waals surface area contributed by atoms with Crippen molar-refractivity contribution >= 4 is 22.7 Å². The quantitative estimate of drug-likeness (QED) is 0.453. The lowest BCUT2D eigenvalue weighted by Crippen LogP contribution is -1.97. The Kier molecular flexibility index (Phi) is 5.20. The number of azo groups is 2. The molecule has 0 spiro atoms. The molecule has 148 valence electrons. The van der Waals surface area contributed by atoms with Gasteiger partial charge in [0.15, 0.2) is 5.69 Å². The van der Waals surface area contributed by atoms with Gasteiger partial charge in [-0.3, -0.25) is 0 Å². The van der Waals surface area contributed by atoms with Gasteiger partial charge >= 0.3 is 0 Å². The second kappa shape index (κ2) is 7.95. The van der Waals surface area contributed by atoms with E-state index in [1.165, 1.54) is 5.56 Å². The van der Waals surface area contributed by atoms with E-state index in [4.69, 9.17) is 0 Å². The molecule has 1 heterocycles. The van der Waals surface area contributed by atoms with Crippen LogP contribution in [0.4, 0.5) is 22.7 Å². The van der Waals surface area contributed by atoms with E-state index in [0.29, 0.717) is 11.4 Å².